The fourth-order valence-corrected chi connectivity index (χ4v) is 3.07. The highest BCUT2D eigenvalue weighted by atomic mass is 16.5. The zero-order valence-electron chi connectivity index (χ0n) is 9.82. The molecule has 2 aliphatic rings. The Bertz CT molecular complexity index is 308. The van der Waals surface area contributed by atoms with Crippen molar-refractivity contribution in [1.82, 2.24) is 0 Å². The van der Waals surface area contributed by atoms with Crippen LogP contribution in [0.5, 0.6) is 0 Å². The third kappa shape index (κ3) is 1.99. The molecule has 0 unspecified atom stereocenters. The van der Waals surface area contributed by atoms with Crippen LogP contribution in [0.3, 0.4) is 0 Å². The van der Waals surface area contributed by atoms with Gasteiger partial charge in [-0.25, -0.2) is 0 Å². The van der Waals surface area contributed by atoms with E-state index >= 15 is 0 Å². The Morgan fingerprint density at radius 2 is 2.31 bits per heavy atom. The molecular weight excluding hydrogens is 202 g/mol. The van der Waals surface area contributed by atoms with E-state index in [1.807, 2.05) is 0 Å². The maximum absolute atomic E-state index is 12.1. The normalized spacial score (nSPS) is 37.0. The molecule has 4 atom stereocenters. The Kier molecular flexibility index (Phi) is 3.60. The number of fused-ring (bicyclic) bond motifs is 1. The summed E-state index contributed by atoms with van der Waals surface area (Å²) in [5.41, 5.74) is 0. The number of rotatable bonds is 4. The maximum Gasteiger partial charge on any atom is 0.154 e. The van der Waals surface area contributed by atoms with Crippen LogP contribution < -0.4 is 0 Å². The first-order valence-electron chi connectivity index (χ1n) is 6.35. The zero-order valence-corrected chi connectivity index (χ0v) is 9.82. The van der Waals surface area contributed by atoms with Gasteiger partial charge in [-0.2, -0.15) is 5.26 Å². The number of nitrogens with zero attached hydrogens (tertiary/aromatic N) is 1. The number of hydrogen-bond donors (Lipinski definition) is 0. The molecule has 0 aromatic carbocycles. The van der Waals surface area contributed by atoms with Crippen LogP contribution in [0.1, 0.15) is 45.4 Å². The van der Waals surface area contributed by atoms with Crippen LogP contribution in [0.25, 0.3) is 0 Å². The summed E-state index contributed by atoms with van der Waals surface area (Å²) in [5.74, 6) is 0.445. The maximum atomic E-state index is 12.1. The summed E-state index contributed by atoms with van der Waals surface area (Å²) in [6.45, 7) is 2.08. The minimum absolute atomic E-state index is 0.135. The minimum Gasteiger partial charge on any atom is -0.359 e. The van der Waals surface area contributed by atoms with Crippen LogP contribution in [0, 0.1) is 23.2 Å². The third-order valence-electron chi connectivity index (χ3n) is 3.89. The van der Waals surface area contributed by atoms with E-state index in [4.69, 9.17) is 10.00 Å². The lowest BCUT2D eigenvalue weighted by Gasteiger charge is -2.16. The van der Waals surface area contributed by atoms with Crippen molar-refractivity contribution in [3.05, 3.63) is 0 Å². The number of ether oxygens (including phenoxy) is 1. The predicted octanol–water partition coefficient (Wildman–Crippen LogP) is 2.45. The predicted molar refractivity (Wildman–Crippen MR) is 59.6 cm³/mol. The highest BCUT2D eigenvalue weighted by Crippen LogP contribution is 2.43. The van der Waals surface area contributed by atoms with Crippen molar-refractivity contribution in [3.8, 4) is 6.07 Å². The van der Waals surface area contributed by atoms with Gasteiger partial charge in [0.1, 0.15) is 5.78 Å². The molecule has 0 N–H and O–H groups in total. The lowest BCUT2D eigenvalue weighted by atomic mass is 9.83. The SMILES string of the molecule is CCCCC(=O)[C@@H]1[C@H]2CCC[C@H]2O[C@@H]1C#N. The smallest absolute Gasteiger partial charge is 0.154 e. The quantitative estimate of drug-likeness (QED) is 0.732. The summed E-state index contributed by atoms with van der Waals surface area (Å²) in [5, 5.41) is 9.04. The van der Waals surface area contributed by atoms with Gasteiger partial charge in [-0.1, -0.05) is 19.8 Å². The molecule has 0 aromatic rings. The lowest BCUT2D eigenvalue weighted by Crippen LogP contribution is -2.28. The second-order valence-corrected chi connectivity index (χ2v) is 4.91. The van der Waals surface area contributed by atoms with Gasteiger partial charge in [-0.3, -0.25) is 4.79 Å². The van der Waals surface area contributed by atoms with Crippen LogP contribution >= 0.6 is 0 Å². The molecule has 1 saturated carbocycles. The second kappa shape index (κ2) is 4.97. The van der Waals surface area contributed by atoms with E-state index in [1.54, 1.807) is 0 Å². The van der Waals surface area contributed by atoms with Gasteiger partial charge < -0.3 is 4.74 Å². The Balaban J connectivity index is 2.04. The van der Waals surface area contributed by atoms with Crippen molar-refractivity contribution in [2.24, 2.45) is 11.8 Å². The second-order valence-electron chi connectivity index (χ2n) is 4.91. The molecule has 2 rings (SSSR count). The number of carbonyl (C=O) groups is 1. The summed E-state index contributed by atoms with van der Waals surface area (Å²) in [4.78, 5) is 12.1. The van der Waals surface area contributed by atoms with Gasteiger partial charge in [-0.15, -0.1) is 0 Å². The Morgan fingerprint density at radius 1 is 1.50 bits per heavy atom. The fraction of sp³-hybridized carbons (Fsp3) is 0.846. The Labute approximate surface area is 96.8 Å². The molecule has 3 heteroatoms. The van der Waals surface area contributed by atoms with E-state index < -0.39 is 6.10 Å². The van der Waals surface area contributed by atoms with Crippen molar-refractivity contribution in [1.29, 1.82) is 5.26 Å². The molecule has 1 aliphatic carbocycles. The monoisotopic (exact) mass is 221 g/mol. The van der Waals surface area contributed by atoms with Crippen LogP contribution in [0.2, 0.25) is 0 Å². The van der Waals surface area contributed by atoms with Gasteiger partial charge in [0.2, 0.25) is 0 Å². The number of hydrogen-bond acceptors (Lipinski definition) is 3. The summed E-state index contributed by atoms with van der Waals surface area (Å²) in [7, 11) is 0. The molecule has 2 fully saturated rings. The Morgan fingerprint density at radius 3 is 3.00 bits per heavy atom. The van der Waals surface area contributed by atoms with Gasteiger partial charge in [0.25, 0.3) is 0 Å². The van der Waals surface area contributed by atoms with Crippen molar-refractivity contribution in [3.63, 3.8) is 0 Å². The van der Waals surface area contributed by atoms with Gasteiger partial charge in [0.05, 0.1) is 18.1 Å². The van der Waals surface area contributed by atoms with Crippen LogP contribution in [-0.4, -0.2) is 18.0 Å². The molecular formula is C13H19NO2. The molecule has 88 valence electrons. The van der Waals surface area contributed by atoms with E-state index in [9.17, 15) is 4.79 Å². The molecule has 0 aromatic heterocycles. The van der Waals surface area contributed by atoms with Crippen LogP contribution in [0.4, 0.5) is 0 Å². The molecule has 0 radical (unpaired) electrons. The van der Waals surface area contributed by atoms with E-state index in [0.717, 1.165) is 32.1 Å². The lowest BCUT2D eigenvalue weighted by molar-refractivity contribution is -0.124. The fourth-order valence-electron chi connectivity index (χ4n) is 3.07. The van der Waals surface area contributed by atoms with Crippen LogP contribution in [-0.2, 0) is 9.53 Å². The largest absolute Gasteiger partial charge is 0.359 e. The molecule has 0 amide bonds. The van der Waals surface area contributed by atoms with Gasteiger partial charge in [-0.05, 0) is 25.2 Å². The van der Waals surface area contributed by atoms with Crippen LogP contribution in [0.15, 0.2) is 0 Å². The number of nitriles is 1. The van der Waals surface area contributed by atoms with E-state index in [1.165, 1.54) is 0 Å². The molecule has 16 heavy (non-hydrogen) atoms. The average Bonchev–Trinajstić information content (AvgIpc) is 2.84. The van der Waals surface area contributed by atoms with E-state index in [0.29, 0.717) is 12.3 Å². The molecule has 1 heterocycles. The van der Waals surface area contributed by atoms with Crippen molar-refractivity contribution in [2.75, 3.05) is 0 Å². The average molecular weight is 221 g/mol. The number of carbonyl (C=O) groups excluding carboxylic acids is 1. The van der Waals surface area contributed by atoms with Crippen molar-refractivity contribution in [2.45, 2.75) is 57.7 Å². The van der Waals surface area contributed by atoms with Gasteiger partial charge >= 0.3 is 0 Å². The minimum atomic E-state index is -0.473. The van der Waals surface area contributed by atoms with E-state index in [2.05, 4.69) is 13.0 Å². The molecule has 0 spiro atoms. The number of unbranched alkanes of at least 4 members (excludes halogenated alkanes) is 1. The molecule has 1 aliphatic heterocycles. The molecule has 3 nitrogen and oxygen atoms in total. The first kappa shape index (κ1) is 11.6. The first-order chi connectivity index (χ1) is 7.77. The highest BCUT2D eigenvalue weighted by molar-refractivity contribution is 5.82. The van der Waals surface area contributed by atoms with Crippen molar-refractivity contribution < 1.29 is 9.53 Å². The third-order valence-corrected chi connectivity index (χ3v) is 3.89. The number of ketones is 1. The molecule has 1 saturated heterocycles. The van der Waals surface area contributed by atoms with Gasteiger partial charge in [0.15, 0.2) is 6.10 Å². The summed E-state index contributed by atoms with van der Waals surface area (Å²) >= 11 is 0. The first-order valence-corrected chi connectivity index (χ1v) is 6.35. The standard InChI is InChI=1S/C13H19NO2/c1-2-3-6-10(15)13-9-5-4-7-11(9)16-12(13)8-14/h9,11-13H,2-7H2,1H3/t9-,11+,12+,13-/m0/s1. The summed E-state index contributed by atoms with van der Waals surface area (Å²) in [6.07, 6.45) is 5.53. The number of Topliss-reactive ketones (excluding diaryl/α,β-unsaturated/α-hetero) is 1. The van der Waals surface area contributed by atoms with E-state index in [-0.39, 0.29) is 17.8 Å². The zero-order chi connectivity index (χ0) is 11.5. The highest BCUT2D eigenvalue weighted by Gasteiger charge is 2.49. The van der Waals surface area contributed by atoms with Gasteiger partial charge in [0, 0.05) is 6.42 Å². The Hall–Kier alpha value is -0.880. The van der Waals surface area contributed by atoms with Crippen molar-refractivity contribution >= 4 is 5.78 Å². The summed E-state index contributed by atoms with van der Waals surface area (Å²) < 4.78 is 5.67. The molecule has 0 bridgehead atoms. The summed E-state index contributed by atoms with van der Waals surface area (Å²) in [6, 6.07) is 2.16. The topological polar surface area (TPSA) is 50.1 Å².